The van der Waals surface area contributed by atoms with Gasteiger partial charge in [-0.05, 0) is 24.1 Å². The highest BCUT2D eigenvalue weighted by atomic mass is 16.5. The molecule has 0 saturated heterocycles. The van der Waals surface area contributed by atoms with E-state index in [9.17, 15) is 4.79 Å². The molecule has 0 atom stereocenters. The van der Waals surface area contributed by atoms with E-state index in [1.165, 1.54) is 7.11 Å². The average Bonchev–Trinajstić information content (AvgIpc) is 2.39. The largest absolute Gasteiger partial charge is 0.467 e. The zero-order valence-electron chi connectivity index (χ0n) is 9.68. The van der Waals surface area contributed by atoms with Gasteiger partial charge in [0.1, 0.15) is 6.29 Å². The Bertz CT molecular complexity index is 536. The number of benzene rings is 1. The van der Waals surface area contributed by atoms with Crippen LogP contribution in [0.4, 0.5) is 0 Å². The topological polar surface area (TPSA) is 52.1 Å². The molecule has 0 spiro atoms. The fourth-order valence-corrected chi connectivity index (χ4v) is 1.64. The van der Waals surface area contributed by atoms with Crippen LogP contribution in [0.3, 0.4) is 0 Å². The Hall–Kier alpha value is -2.23. The summed E-state index contributed by atoms with van der Waals surface area (Å²) in [4.78, 5) is 18.8. The molecule has 0 saturated carbocycles. The predicted octanol–water partition coefficient (Wildman–Crippen LogP) is 2.27. The number of rotatable bonds is 3. The molecule has 0 unspecified atom stereocenters. The van der Waals surface area contributed by atoms with Gasteiger partial charge in [-0.15, -0.1) is 0 Å². The summed E-state index contributed by atoms with van der Waals surface area (Å²) in [5, 5.41) is 0. The monoisotopic (exact) mass is 228 g/mol. The highest BCUT2D eigenvalue weighted by Gasteiger charge is 2.04. The lowest BCUT2D eigenvalue weighted by Crippen LogP contribution is -1.93. The van der Waals surface area contributed by atoms with Crippen molar-refractivity contribution in [1.82, 2.24) is 9.97 Å². The minimum Gasteiger partial charge on any atom is -0.467 e. The van der Waals surface area contributed by atoms with Crippen molar-refractivity contribution in [3.05, 3.63) is 41.7 Å². The zero-order chi connectivity index (χ0) is 12.3. The van der Waals surface area contributed by atoms with Gasteiger partial charge in [0.05, 0.1) is 7.11 Å². The first kappa shape index (κ1) is 11.3. The molecule has 1 aromatic carbocycles. The van der Waals surface area contributed by atoms with Crippen LogP contribution < -0.4 is 4.74 Å². The Labute approximate surface area is 99.3 Å². The second-order valence-electron chi connectivity index (χ2n) is 3.65. The molecule has 2 rings (SSSR count). The van der Waals surface area contributed by atoms with Crippen molar-refractivity contribution in [3.63, 3.8) is 0 Å². The predicted molar refractivity (Wildman–Crippen MR) is 64.1 cm³/mol. The molecule has 86 valence electrons. The van der Waals surface area contributed by atoms with Crippen LogP contribution in [0.15, 0.2) is 30.6 Å². The third-order valence-corrected chi connectivity index (χ3v) is 2.51. The molecule has 4 nitrogen and oxygen atoms in total. The van der Waals surface area contributed by atoms with Crippen molar-refractivity contribution in [1.29, 1.82) is 0 Å². The number of carbonyl (C=O) groups excluding carboxylic acids is 1. The van der Waals surface area contributed by atoms with E-state index in [4.69, 9.17) is 4.74 Å². The van der Waals surface area contributed by atoms with Crippen molar-refractivity contribution in [2.75, 3.05) is 7.11 Å². The Morgan fingerprint density at radius 2 is 1.94 bits per heavy atom. The van der Waals surface area contributed by atoms with Crippen LogP contribution in [0.1, 0.15) is 15.9 Å². The van der Waals surface area contributed by atoms with Gasteiger partial charge in [-0.2, -0.15) is 0 Å². The van der Waals surface area contributed by atoms with Gasteiger partial charge in [-0.3, -0.25) is 4.79 Å². The molecule has 0 N–H and O–H groups in total. The van der Waals surface area contributed by atoms with Gasteiger partial charge < -0.3 is 4.74 Å². The number of ether oxygens (including phenoxy) is 1. The molecule has 0 aliphatic rings. The summed E-state index contributed by atoms with van der Waals surface area (Å²) in [6, 6.07) is 5.85. The lowest BCUT2D eigenvalue weighted by Gasteiger charge is -2.06. The van der Waals surface area contributed by atoms with Crippen molar-refractivity contribution in [2.24, 2.45) is 0 Å². The molecule has 0 aliphatic carbocycles. The van der Waals surface area contributed by atoms with Gasteiger partial charge in [-0.1, -0.05) is 12.1 Å². The number of aldehydes is 1. The van der Waals surface area contributed by atoms with Crippen LogP contribution in [-0.4, -0.2) is 23.4 Å². The molecule has 0 amide bonds. The number of aromatic nitrogens is 2. The summed E-state index contributed by atoms with van der Waals surface area (Å²) in [7, 11) is 1.53. The SMILES string of the molecule is COc1ncc(-c2ccc(C=O)cc2C)cn1. The maximum atomic E-state index is 10.6. The van der Waals surface area contributed by atoms with E-state index in [0.717, 1.165) is 23.0 Å². The highest BCUT2D eigenvalue weighted by Crippen LogP contribution is 2.23. The Balaban J connectivity index is 2.41. The molecule has 1 aromatic heterocycles. The highest BCUT2D eigenvalue weighted by molar-refractivity contribution is 5.78. The number of hydrogen-bond donors (Lipinski definition) is 0. The minimum absolute atomic E-state index is 0.343. The van der Waals surface area contributed by atoms with Crippen molar-refractivity contribution < 1.29 is 9.53 Å². The van der Waals surface area contributed by atoms with Crippen molar-refractivity contribution >= 4 is 6.29 Å². The summed E-state index contributed by atoms with van der Waals surface area (Å²) < 4.78 is 4.90. The fourth-order valence-electron chi connectivity index (χ4n) is 1.64. The molecule has 0 fully saturated rings. The minimum atomic E-state index is 0.343. The Morgan fingerprint density at radius 3 is 2.47 bits per heavy atom. The average molecular weight is 228 g/mol. The van der Waals surface area contributed by atoms with Crippen LogP contribution in [0.2, 0.25) is 0 Å². The second kappa shape index (κ2) is 4.74. The molecular formula is C13H12N2O2. The first-order valence-electron chi connectivity index (χ1n) is 5.17. The fraction of sp³-hybridized carbons (Fsp3) is 0.154. The molecule has 2 aromatic rings. The first-order chi connectivity index (χ1) is 8.24. The van der Waals surface area contributed by atoms with E-state index < -0.39 is 0 Å². The lowest BCUT2D eigenvalue weighted by atomic mass is 10.0. The zero-order valence-corrected chi connectivity index (χ0v) is 9.68. The number of hydrogen-bond acceptors (Lipinski definition) is 4. The maximum Gasteiger partial charge on any atom is 0.316 e. The van der Waals surface area contributed by atoms with Gasteiger partial charge in [0.25, 0.3) is 0 Å². The van der Waals surface area contributed by atoms with Crippen LogP contribution in [-0.2, 0) is 0 Å². The van der Waals surface area contributed by atoms with Crippen molar-refractivity contribution in [3.8, 4) is 17.1 Å². The normalized spacial score (nSPS) is 10.0. The van der Waals surface area contributed by atoms with Gasteiger partial charge in [0.15, 0.2) is 0 Å². The van der Waals surface area contributed by atoms with Crippen LogP contribution in [0.25, 0.3) is 11.1 Å². The molecule has 17 heavy (non-hydrogen) atoms. The molecule has 4 heteroatoms. The van der Waals surface area contributed by atoms with E-state index in [-0.39, 0.29) is 0 Å². The quantitative estimate of drug-likeness (QED) is 0.756. The standard InChI is InChI=1S/C13H12N2O2/c1-9-5-10(8-16)3-4-12(9)11-6-14-13(17-2)15-7-11/h3-8H,1-2H3. The lowest BCUT2D eigenvalue weighted by molar-refractivity contribution is 0.112. The number of nitrogens with zero attached hydrogens (tertiary/aromatic N) is 2. The van der Waals surface area contributed by atoms with Gasteiger partial charge in [-0.25, -0.2) is 9.97 Å². The number of methoxy groups -OCH3 is 1. The van der Waals surface area contributed by atoms with Crippen LogP contribution in [0.5, 0.6) is 6.01 Å². The summed E-state index contributed by atoms with van der Waals surface area (Å²) in [5.74, 6) is 0. The summed E-state index contributed by atoms with van der Waals surface area (Å²) in [6.45, 7) is 1.95. The molecule has 0 aliphatic heterocycles. The second-order valence-corrected chi connectivity index (χ2v) is 3.65. The number of aryl methyl sites for hydroxylation is 1. The third-order valence-electron chi connectivity index (χ3n) is 2.51. The molecule has 1 heterocycles. The van der Waals surface area contributed by atoms with Crippen LogP contribution >= 0.6 is 0 Å². The van der Waals surface area contributed by atoms with E-state index in [0.29, 0.717) is 11.6 Å². The molecular weight excluding hydrogens is 216 g/mol. The van der Waals surface area contributed by atoms with E-state index in [2.05, 4.69) is 9.97 Å². The maximum absolute atomic E-state index is 10.6. The smallest absolute Gasteiger partial charge is 0.316 e. The van der Waals surface area contributed by atoms with Crippen LogP contribution in [0, 0.1) is 6.92 Å². The Morgan fingerprint density at radius 1 is 1.24 bits per heavy atom. The van der Waals surface area contributed by atoms with Gasteiger partial charge in [0, 0.05) is 23.5 Å². The first-order valence-corrected chi connectivity index (χ1v) is 5.17. The van der Waals surface area contributed by atoms with E-state index >= 15 is 0 Å². The Kier molecular flexibility index (Phi) is 3.14. The van der Waals surface area contributed by atoms with E-state index in [1.807, 2.05) is 19.1 Å². The summed E-state index contributed by atoms with van der Waals surface area (Å²) >= 11 is 0. The molecule has 0 radical (unpaired) electrons. The summed E-state index contributed by atoms with van der Waals surface area (Å²) in [5.41, 5.74) is 3.60. The number of carbonyl (C=O) groups is 1. The summed E-state index contributed by atoms with van der Waals surface area (Å²) in [6.07, 6.45) is 4.24. The molecule has 0 bridgehead atoms. The third kappa shape index (κ3) is 2.30. The van der Waals surface area contributed by atoms with Gasteiger partial charge in [0.2, 0.25) is 0 Å². The van der Waals surface area contributed by atoms with Gasteiger partial charge >= 0.3 is 6.01 Å². The van der Waals surface area contributed by atoms with E-state index in [1.54, 1.807) is 18.5 Å². The van der Waals surface area contributed by atoms with Crippen molar-refractivity contribution in [2.45, 2.75) is 6.92 Å².